The topological polar surface area (TPSA) is 37.3 Å². The summed E-state index contributed by atoms with van der Waals surface area (Å²) in [6, 6.07) is 19.8. The summed E-state index contributed by atoms with van der Waals surface area (Å²) in [5, 5.41) is 10.5. The monoisotopic (exact) mass is 450 g/mol. The van der Waals surface area contributed by atoms with E-state index in [-0.39, 0.29) is 5.41 Å². The van der Waals surface area contributed by atoms with Crippen LogP contribution in [0.5, 0.6) is 0 Å². The average molecular weight is 451 g/mol. The maximum atomic E-state index is 11.1. The first-order valence-corrected chi connectivity index (χ1v) is 11.5. The number of rotatable bonds is 6. The van der Waals surface area contributed by atoms with E-state index in [1.807, 2.05) is 24.3 Å². The summed E-state index contributed by atoms with van der Waals surface area (Å²) in [4.78, 5) is 11.1. The van der Waals surface area contributed by atoms with Gasteiger partial charge in [-0.2, -0.15) is 0 Å². The molecule has 0 radical (unpaired) electrons. The minimum atomic E-state index is -0.882. The van der Waals surface area contributed by atoms with Crippen molar-refractivity contribution in [3.63, 3.8) is 0 Å². The van der Waals surface area contributed by atoms with Gasteiger partial charge >= 0.3 is 5.97 Å². The van der Waals surface area contributed by atoms with Crippen LogP contribution in [0.3, 0.4) is 0 Å². The van der Waals surface area contributed by atoms with Crippen LogP contribution >= 0.6 is 23.2 Å². The third-order valence-corrected chi connectivity index (χ3v) is 7.83. The van der Waals surface area contributed by atoms with E-state index in [1.165, 1.54) is 22.3 Å². The van der Waals surface area contributed by atoms with Crippen molar-refractivity contribution in [3.8, 4) is 0 Å². The summed E-state index contributed by atoms with van der Waals surface area (Å²) in [5.41, 5.74) is 7.40. The quantitative estimate of drug-likeness (QED) is 0.449. The van der Waals surface area contributed by atoms with Crippen LogP contribution in [0.4, 0.5) is 0 Å². The fourth-order valence-corrected chi connectivity index (χ4v) is 6.38. The third-order valence-electron chi connectivity index (χ3n) is 7.39. The minimum Gasteiger partial charge on any atom is -0.478 e. The first kappa shape index (κ1) is 20.6. The Morgan fingerprint density at radius 1 is 1.00 bits per heavy atom. The van der Waals surface area contributed by atoms with Gasteiger partial charge in [0.15, 0.2) is 0 Å². The third kappa shape index (κ3) is 3.66. The molecule has 3 aromatic carbocycles. The van der Waals surface area contributed by atoms with Crippen LogP contribution in [0.25, 0.3) is 0 Å². The van der Waals surface area contributed by atoms with Crippen molar-refractivity contribution in [2.75, 3.05) is 0 Å². The molecule has 2 aliphatic rings. The Morgan fingerprint density at radius 2 is 1.71 bits per heavy atom. The predicted molar refractivity (Wildman–Crippen MR) is 125 cm³/mol. The maximum Gasteiger partial charge on any atom is 0.335 e. The van der Waals surface area contributed by atoms with Crippen LogP contribution in [0.1, 0.15) is 45.1 Å². The first-order valence-electron chi connectivity index (χ1n) is 10.7. The van der Waals surface area contributed by atoms with Gasteiger partial charge in [-0.15, -0.1) is 0 Å². The van der Waals surface area contributed by atoms with Gasteiger partial charge in [-0.1, -0.05) is 60.5 Å². The molecule has 0 spiro atoms. The highest BCUT2D eigenvalue weighted by atomic mass is 35.5. The van der Waals surface area contributed by atoms with E-state index in [2.05, 4.69) is 25.1 Å². The van der Waals surface area contributed by atoms with Crippen molar-refractivity contribution in [2.45, 2.75) is 38.0 Å². The van der Waals surface area contributed by atoms with Gasteiger partial charge in [-0.3, -0.25) is 0 Å². The van der Waals surface area contributed by atoms with Crippen molar-refractivity contribution in [2.24, 2.45) is 11.8 Å². The number of halogens is 2. The Bertz CT molecular complexity index is 1150. The van der Waals surface area contributed by atoms with Crippen molar-refractivity contribution < 1.29 is 9.90 Å². The molecule has 0 aliphatic heterocycles. The molecule has 1 N–H and O–H groups in total. The molecule has 0 aromatic heterocycles. The lowest BCUT2D eigenvalue weighted by atomic mass is 9.85. The summed E-state index contributed by atoms with van der Waals surface area (Å²) in [5.74, 6) is 0.411. The lowest BCUT2D eigenvalue weighted by molar-refractivity contribution is 0.0697. The summed E-state index contributed by atoms with van der Waals surface area (Å²) >= 11 is 12.5. The molecule has 0 heterocycles. The molecular formula is C27H24Cl2O2. The molecule has 2 nitrogen and oxygen atoms in total. The molecule has 31 heavy (non-hydrogen) atoms. The van der Waals surface area contributed by atoms with Crippen molar-refractivity contribution >= 4 is 29.2 Å². The van der Waals surface area contributed by atoms with Gasteiger partial charge < -0.3 is 5.11 Å². The van der Waals surface area contributed by atoms with Crippen LogP contribution in [0, 0.1) is 11.8 Å². The summed E-state index contributed by atoms with van der Waals surface area (Å²) in [6.45, 7) is 2.42. The number of aryl methyl sites for hydroxylation is 2. The standard InChI is InChI=1S/C27H24Cl2O2/c1-27-23(13-17-11-21(28)15-22(29)12-17)24(27)14-20-4-2-3-18(25(20)27)8-5-16-6-9-19(10-7-16)26(30)31/h2-4,6-7,9-12,15,23-24H,5,8,13-14H2,1H3,(H,30,31)/t23?,24-,27+/m1/s1. The predicted octanol–water partition coefficient (Wildman–Crippen LogP) is 6.78. The molecule has 0 saturated heterocycles. The molecule has 1 unspecified atom stereocenters. The van der Waals surface area contributed by atoms with Gasteiger partial charge in [0, 0.05) is 10.0 Å². The summed E-state index contributed by atoms with van der Waals surface area (Å²) in [7, 11) is 0. The number of carbonyl (C=O) groups is 1. The van der Waals surface area contributed by atoms with Gasteiger partial charge in [-0.05, 0) is 101 Å². The number of carboxylic acid groups (broad SMARTS) is 1. The summed E-state index contributed by atoms with van der Waals surface area (Å²) in [6.07, 6.45) is 4.02. The first-order chi connectivity index (χ1) is 14.9. The van der Waals surface area contributed by atoms with Crippen LogP contribution < -0.4 is 0 Å². The van der Waals surface area contributed by atoms with E-state index in [0.717, 1.165) is 25.7 Å². The smallest absolute Gasteiger partial charge is 0.335 e. The van der Waals surface area contributed by atoms with Crippen LogP contribution in [0.2, 0.25) is 10.0 Å². The largest absolute Gasteiger partial charge is 0.478 e. The Labute approximate surface area is 192 Å². The second-order valence-electron chi connectivity index (χ2n) is 9.13. The number of aromatic carboxylic acids is 1. The number of hydrogen-bond donors (Lipinski definition) is 1. The van der Waals surface area contributed by atoms with Crippen LogP contribution in [0.15, 0.2) is 60.7 Å². The van der Waals surface area contributed by atoms with E-state index in [4.69, 9.17) is 28.3 Å². The Morgan fingerprint density at radius 3 is 2.39 bits per heavy atom. The lowest BCUT2D eigenvalue weighted by Crippen LogP contribution is -2.11. The number of benzene rings is 3. The molecule has 5 rings (SSSR count). The van der Waals surface area contributed by atoms with E-state index < -0.39 is 5.97 Å². The Balaban J connectivity index is 1.35. The Kier molecular flexibility index (Phi) is 5.11. The average Bonchev–Trinajstić information content (AvgIpc) is 3.12. The molecule has 0 amide bonds. The normalized spacial score (nSPS) is 23.3. The number of fused-ring (bicyclic) bond motifs is 3. The maximum absolute atomic E-state index is 11.1. The van der Waals surface area contributed by atoms with Gasteiger partial charge in [0.25, 0.3) is 0 Å². The highest BCUT2D eigenvalue weighted by molar-refractivity contribution is 6.34. The molecular weight excluding hydrogens is 427 g/mol. The second-order valence-corrected chi connectivity index (χ2v) is 10.0. The van der Waals surface area contributed by atoms with Gasteiger partial charge in [0.05, 0.1) is 5.56 Å². The zero-order valence-corrected chi connectivity index (χ0v) is 18.9. The molecule has 1 fully saturated rings. The molecule has 2 aliphatic carbocycles. The van der Waals surface area contributed by atoms with Crippen molar-refractivity contribution in [1.29, 1.82) is 0 Å². The zero-order chi connectivity index (χ0) is 21.8. The van der Waals surface area contributed by atoms with E-state index in [1.54, 1.807) is 23.8 Å². The molecule has 0 bridgehead atoms. The number of carboxylic acids is 1. The van der Waals surface area contributed by atoms with Crippen LogP contribution in [-0.2, 0) is 31.1 Å². The highest BCUT2D eigenvalue weighted by Gasteiger charge is 2.65. The summed E-state index contributed by atoms with van der Waals surface area (Å²) < 4.78 is 0. The SMILES string of the molecule is C[C@@]12c3c(CCc4ccc(C(=O)O)cc4)cccc3C[C@@H]1C2Cc1cc(Cl)cc(Cl)c1. The molecule has 3 aromatic rings. The fraction of sp³-hybridized carbons (Fsp3) is 0.296. The van der Waals surface area contributed by atoms with Crippen LogP contribution in [-0.4, -0.2) is 11.1 Å². The Hall–Kier alpha value is -2.29. The molecule has 4 heteroatoms. The molecule has 3 atom stereocenters. The zero-order valence-electron chi connectivity index (χ0n) is 17.4. The molecule has 1 saturated carbocycles. The van der Waals surface area contributed by atoms with Gasteiger partial charge in [-0.25, -0.2) is 4.79 Å². The van der Waals surface area contributed by atoms with E-state index in [0.29, 0.717) is 27.4 Å². The lowest BCUT2D eigenvalue weighted by Gasteiger charge is -2.19. The highest BCUT2D eigenvalue weighted by Crippen LogP contribution is 2.68. The fourth-order valence-electron chi connectivity index (χ4n) is 5.81. The van der Waals surface area contributed by atoms with Gasteiger partial charge in [0.2, 0.25) is 0 Å². The van der Waals surface area contributed by atoms with E-state index in [9.17, 15) is 4.79 Å². The van der Waals surface area contributed by atoms with Gasteiger partial charge in [0.1, 0.15) is 0 Å². The minimum absolute atomic E-state index is 0.216. The van der Waals surface area contributed by atoms with Crippen molar-refractivity contribution in [3.05, 3.63) is 104 Å². The van der Waals surface area contributed by atoms with E-state index >= 15 is 0 Å². The second kappa shape index (κ2) is 7.69. The van der Waals surface area contributed by atoms with Crippen molar-refractivity contribution in [1.82, 2.24) is 0 Å². The number of hydrogen-bond acceptors (Lipinski definition) is 1. The molecule has 158 valence electrons.